The first-order valence-corrected chi connectivity index (χ1v) is 6.45. The third kappa shape index (κ3) is 1.49. The molecule has 0 aliphatic carbocycles. The molecule has 2 N–H and O–H groups in total. The zero-order chi connectivity index (χ0) is 13.7. The summed E-state index contributed by atoms with van der Waals surface area (Å²) in [5, 5.41) is 23.0. The van der Waals surface area contributed by atoms with Crippen LogP contribution in [0.4, 0.5) is 0 Å². The second-order valence-corrected chi connectivity index (χ2v) is 4.86. The number of fused-ring (bicyclic) bond motifs is 5. The van der Waals surface area contributed by atoms with Gasteiger partial charge in [0.2, 0.25) is 0 Å². The van der Waals surface area contributed by atoms with Gasteiger partial charge in [-0.1, -0.05) is 42.5 Å². The number of hydrogen-bond acceptors (Lipinski definition) is 3. The van der Waals surface area contributed by atoms with Crippen LogP contribution in [0.15, 0.2) is 59.0 Å². The molecule has 0 spiro atoms. The highest BCUT2D eigenvalue weighted by molar-refractivity contribution is 6.63. The molecule has 0 saturated carbocycles. The van der Waals surface area contributed by atoms with Gasteiger partial charge in [0.1, 0.15) is 11.2 Å². The van der Waals surface area contributed by atoms with Crippen LogP contribution in [0.5, 0.6) is 0 Å². The maximum absolute atomic E-state index is 9.62. The van der Waals surface area contributed by atoms with Crippen molar-refractivity contribution in [2.45, 2.75) is 0 Å². The minimum atomic E-state index is -1.50. The number of furan rings is 1. The standard InChI is InChI=1S/C16H11BO3/c18-17(19)12-6-3-4-10-8-9-14-16(15(10)12)11-5-1-2-7-13(11)20-14/h1-9,18-19H. The highest BCUT2D eigenvalue weighted by atomic mass is 16.4. The molecule has 0 radical (unpaired) electrons. The monoisotopic (exact) mass is 262 g/mol. The molecule has 1 heterocycles. The molecule has 96 valence electrons. The molecule has 0 aliphatic heterocycles. The lowest BCUT2D eigenvalue weighted by Gasteiger charge is -2.06. The van der Waals surface area contributed by atoms with Crippen molar-refractivity contribution >= 4 is 45.3 Å². The van der Waals surface area contributed by atoms with Crippen LogP contribution in [0.3, 0.4) is 0 Å². The van der Waals surface area contributed by atoms with Crippen LogP contribution < -0.4 is 5.46 Å². The first-order chi connectivity index (χ1) is 9.75. The molecule has 0 atom stereocenters. The van der Waals surface area contributed by atoms with E-state index in [0.717, 1.165) is 32.7 Å². The van der Waals surface area contributed by atoms with Crippen molar-refractivity contribution in [1.29, 1.82) is 0 Å². The predicted octanol–water partition coefficient (Wildman–Crippen LogP) is 2.42. The van der Waals surface area contributed by atoms with Gasteiger partial charge >= 0.3 is 7.12 Å². The van der Waals surface area contributed by atoms with E-state index in [2.05, 4.69) is 0 Å². The molecule has 0 aliphatic rings. The summed E-state index contributed by atoms with van der Waals surface area (Å²) in [7, 11) is -1.50. The second kappa shape index (κ2) is 4.10. The zero-order valence-corrected chi connectivity index (χ0v) is 10.6. The fourth-order valence-corrected chi connectivity index (χ4v) is 2.84. The number of hydrogen-bond donors (Lipinski definition) is 2. The Morgan fingerprint density at radius 1 is 0.750 bits per heavy atom. The lowest BCUT2D eigenvalue weighted by molar-refractivity contribution is 0.426. The van der Waals surface area contributed by atoms with Crippen molar-refractivity contribution in [3.8, 4) is 0 Å². The smallest absolute Gasteiger partial charge is 0.456 e. The van der Waals surface area contributed by atoms with E-state index >= 15 is 0 Å². The Morgan fingerprint density at radius 2 is 1.60 bits per heavy atom. The minimum Gasteiger partial charge on any atom is -0.456 e. The van der Waals surface area contributed by atoms with E-state index in [0.29, 0.717) is 5.46 Å². The summed E-state index contributed by atoms with van der Waals surface area (Å²) in [6, 6.07) is 17.2. The number of rotatable bonds is 1. The van der Waals surface area contributed by atoms with Crippen LogP contribution >= 0.6 is 0 Å². The lowest BCUT2D eigenvalue weighted by Crippen LogP contribution is -2.30. The molecule has 3 nitrogen and oxygen atoms in total. The quantitative estimate of drug-likeness (QED) is 0.518. The van der Waals surface area contributed by atoms with Crippen molar-refractivity contribution in [3.63, 3.8) is 0 Å². The number of benzene rings is 3. The molecular weight excluding hydrogens is 251 g/mol. The lowest BCUT2D eigenvalue weighted by atomic mass is 9.76. The van der Waals surface area contributed by atoms with Gasteiger partial charge in [0, 0.05) is 10.8 Å². The first-order valence-electron chi connectivity index (χ1n) is 6.45. The fraction of sp³-hybridized carbons (Fsp3) is 0. The van der Waals surface area contributed by atoms with Gasteiger partial charge in [0.15, 0.2) is 0 Å². The summed E-state index contributed by atoms with van der Waals surface area (Å²) in [6.07, 6.45) is 0. The van der Waals surface area contributed by atoms with Crippen molar-refractivity contribution in [2.24, 2.45) is 0 Å². The summed E-state index contributed by atoms with van der Waals surface area (Å²) in [5.41, 5.74) is 2.06. The van der Waals surface area contributed by atoms with Crippen LogP contribution in [-0.4, -0.2) is 17.2 Å². The van der Waals surface area contributed by atoms with E-state index in [-0.39, 0.29) is 0 Å². The highest BCUT2D eigenvalue weighted by Crippen LogP contribution is 2.33. The SMILES string of the molecule is OB(O)c1cccc2ccc3oc4ccccc4c3c12. The van der Waals surface area contributed by atoms with E-state index in [9.17, 15) is 10.0 Å². The average molecular weight is 262 g/mol. The zero-order valence-electron chi connectivity index (χ0n) is 10.6. The number of para-hydroxylation sites is 1. The van der Waals surface area contributed by atoms with Crippen LogP contribution in [0.2, 0.25) is 0 Å². The molecule has 0 unspecified atom stereocenters. The molecule has 0 bridgehead atoms. The Bertz CT molecular complexity index is 940. The molecule has 0 fully saturated rings. The largest absolute Gasteiger partial charge is 0.489 e. The predicted molar refractivity (Wildman–Crippen MR) is 81.1 cm³/mol. The van der Waals surface area contributed by atoms with Gasteiger partial charge < -0.3 is 14.5 Å². The topological polar surface area (TPSA) is 53.6 Å². The van der Waals surface area contributed by atoms with E-state index in [1.807, 2.05) is 48.5 Å². The third-order valence-corrected chi connectivity index (χ3v) is 3.69. The summed E-state index contributed by atoms with van der Waals surface area (Å²) < 4.78 is 5.83. The van der Waals surface area contributed by atoms with Crippen LogP contribution in [0, 0.1) is 0 Å². The van der Waals surface area contributed by atoms with Gasteiger partial charge in [0.05, 0.1) is 0 Å². The van der Waals surface area contributed by atoms with Gasteiger partial charge in [-0.05, 0) is 28.4 Å². The summed E-state index contributed by atoms with van der Waals surface area (Å²) in [6.45, 7) is 0. The maximum atomic E-state index is 9.62. The maximum Gasteiger partial charge on any atom is 0.489 e. The minimum absolute atomic E-state index is 0.500. The Morgan fingerprint density at radius 3 is 2.45 bits per heavy atom. The van der Waals surface area contributed by atoms with Gasteiger partial charge in [-0.25, -0.2) is 0 Å². The Labute approximate surface area is 115 Å². The van der Waals surface area contributed by atoms with Crippen LogP contribution in [0.1, 0.15) is 0 Å². The molecule has 20 heavy (non-hydrogen) atoms. The van der Waals surface area contributed by atoms with Crippen molar-refractivity contribution in [3.05, 3.63) is 54.6 Å². The summed E-state index contributed by atoms with van der Waals surface area (Å²) in [5.74, 6) is 0. The molecule has 4 aromatic rings. The highest BCUT2D eigenvalue weighted by Gasteiger charge is 2.18. The van der Waals surface area contributed by atoms with Crippen molar-refractivity contribution < 1.29 is 14.5 Å². The molecule has 0 saturated heterocycles. The molecule has 0 amide bonds. The molecule has 4 rings (SSSR count). The van der Waals surface area contributed by atoms with Gasteiger partial charge in [0.25, 0.3) is 0 Å². The third-order valence-electron chi connectivity index (χ3n) is 3.69. The Hall–Kier alpha value is -2.30. The summed E-state index contributed by atoms with van der Waals surface area (Å²) in [4.78, 5) is 0. The summed E-state index contributed by atoms with van der Waals surface area (Å²) >= 11 is 0. The first kappa shape index (κ1) is 11.5. The van der Waals surface area contributed by atoms with E-state index in [1.165, 1.54) is 0 Å². The van der Waals surface area contributed by atoms with E-state index in [4.69, 9.17) is 4.42 Å². The Kier molecular flexibility index (Phi) is 2.36. The van der Waals surface area contributed by atoms with E-state index in [1.54, 1.807) is 6.07 Å². The van der Waals surface area contributed by atoms with E-state index < -0.39 is 7.12 Å². The molecular formula is C16H11BO3. The van der Waals surface area contributed by atoms with Crippen LogP contribution in [0.25, 0.3) is 32.7 Å². The van der Waals surface area contributed by atoms with Gasteiger partial charge in [-0.3, -0.25) is 0 Å². The van der Waals surface area contributed by atoms with Gasteiger partial charge in [-0.2, -0.15) is 0 Å². The molecule has 4 heteroatoms. The van der Waals surface area contributed by atoms with Gasteiger partial charge in [-0.15, -0.1) is 0 Å². The van der Waals surface area contributed by atoms with Crippen LogP contribution in [-0.2, 0) is 0 Å². The van der Waals surface area contributed by atoms with Crippen molar-refractivity contribution in [2.75, 3.05) is 0 Å². The Balaban J connectivity index is 2.32. The normalized spacial score (nSPS) is 11.5. The van der Waals surface area contributed by atoms with Crippen molar-refractivity contribution in [1.82, 2.24) is 0 Å². The fourth-order valence-electron chi connectivity index (χ4n) is 2.84. The molecule has 3 aromatic carbocycles. The molecule has 1 aromatic heterocycles. The second-order valence-electron chi connectivity index (χ2n) is 4.86. The average Bonchev–Trinajstić information content (AvgIpc) is 2.85.